The summed E-state index contributed by atoms with van der Waals surface area (Å²) >= 11 is 1.90. The Bertz CT molecular complexity index is 359. The van der Waals surface area contributed by atoms with Gasteiger partial charge in [-0.2, -0.15) is 0 Å². The first-order chi connectivity index (χ1) is 8.55. The van der Waals surface area contributed by atoms with E-state index in [9.17, 15) is 0 Å². The summed E-state index contributed by atoms with van der Waals surface area (Å²) in [4.78, 5) is 0. The highest BCUT2D eigenvalue weighted by Gasteiger charge is 2.34. The van der Waals surface area contributed by atoms with Crippen molar-refractivity contribution in [3.05, 3.63) is 35.9 Å². The van der Waals surface area contributed by atoms with Crippen LogP contribution in [0.25, 0.3) is 0 Å². The number of ether oxygens (including phenoxy) is 2. The fraction of sp³-hybridized carbons (Fsp3) is 0.600. The molecule has 1 fully saturated rings. The van der Waals surface area contributed by atoms with E-state index in [1.54, 1.807) is 0 Å². The molecule has 100 valence electrons. The molecule has 2 rings (SSSR count). The Morgan fingerprint density at radius 1 is 1.28 bits per heavy atom. The molecule has 3 heteroatoms. The molecule has 2 unspecified atom stereocenters. The van der Waals surface area contributed by atoms with Gasteiger partial charge in [-0.1, -0.05) is 51.1 Å². The molecule has 0 aliphatic carbocycles. The highest BCUT2D eigenvalue weighted by atomic mass is 32.2. The Morgan fingerprint density at radius 3 is 2.61 bits per heavy atom. The molecular weight excluding hydrogens is 244 g/mol. The van der Waals surface area contributed by atoms with E-state index in [4.69, 9.17) is 9.47 Å². The van der Waals surface area contributed by atoms with E-state index >= 15 is 0 Å². The molecule has 0 bridgehead atoms. The molecule has 0 amide bonds. The maximum atomic E-state index is 6.00. The normalized spacial score (nSPS) is 24.4. The van der Waals surface area contributed by atoms with Crippen molar-refractivity contribution in [2.75, 3.05) is 12.4 Å². The topological polar surface area (TPSA) is 18.5 Å². The SMILES string of the molecule is CC(C)(C)C1OC(COCc2ccccc2)CS1. The van der Waals surface area contributed by atoms with Crippen LogP contribution >= 0.6 is 11.8 Å². The van der Waals surface area contributed by atoms with Crippen LogP contribution in [-0.4, -0.2) is 23.9 Å². The Kier molecular flexibility index (Phi) is 4.71. The lowest BCUT2D eigenvalue weighted by Gasteiger charge is -2.25. The van der Waals surface area contributed by atoms with Crippen molar-refractivity contribution < 1.29 is 9.47 Å². The van der Waals surface area contributed by atoms with E-state index < -0.39 is 0 Å². The van der Waals surface area contributed by atoms with Gasteiger partial charge in [-0.05, 0) is 11.0 Å². The standard InChI is InChI=1S/C15H22O2S/c1-15(2,3)14-17-13(11-18-14)10-16-9-12-7-5-4-6-8-12/h4-8,13-14H,9-11H2,1-3H3. The minimum atomic E-state index is 0.207. The number of thioether (sulfide) groups is 1. The lowest BCUT2D eigenvalue weighted by atomic mass is 9.98. The first kappa shape index (κ1) is 13.9. The Balaban J connectivity index is 1.70. The van der Waals surface area contributed by atoms with Gasteiger partial charge in [0.05, 0.1) is 19.3 Å². The minimum Gasteiger partial charge on any atom is -0.374 e. The van der Waals surface area contributed by atoms with Crippen LogP contribution in [0.4, 0.5) is 0 Å². The van der Waals surface area contributed by atoms with Crippen LogP contribution in [-0.2, 0) is 16.1 Å². The van der Waals surface area contributed by atoms with Gasteiger partial charge in [0.2, 0.25) is 0 Å². The van der Waals surface area contributed by atoms with Gasteiger partial charge in [0, 0.05) is 5.75 Å². The van der Waals surface area contributed by atoms with Crippen molar-refractivity contribution in [1.29, 1.82) is 0 Å². The smallest absolute Gasteiger partial charge is 0.108 e. The predicted molar refractivity (Wildman–Crippen MR) is 76.7 cm³/mol. The molecule has 0 aromatic heterocycles. The zero-order chi connectivity index (χ0) is 13.0. The summed E-state index contributed by atoms with van der Waals surface area (Å²) in [6.45, 7) is 8.02. The second-order valence-corrected chi connectivity index (χ2v) is 6.88. The monoisotopic (exact) mass is 266 g/mol. The van der Waals surface area contributed by atoms with Crippen LogP contribution in [0.2, 0.25) is 0 Å². The summed E-state index contributed by atoms with van der Waals surface area (Å²) < 4.78 is 11.7. The largest absolute Gasteiger partial charge is 0.374 e. The summed E-state index contributed by atoms with van der Waals surface area (Å²) in [5, 5.41) is 0. The maximum absolute atomic E-state index is 6.00. The molecule has 1 aliphatic rings. The fourth-order valence-corrected chi connectivity index (χ4v) is 3.17. The average Bonchev–Trinajstić information content (AvgIpc) is 2.79. The molecule has 18 heavy (non-hydrogen) atoms. The van der Waals surface area contributed by atoms with Crippen molar-refractivity contribution in [2.45, 2.75) is 38.9 Å². The molecule has 0 saturated carbocycles. The van der Waals surface area contributed by atoms with Gasteiger partial charge >= 0.3 is 0 Å². The molecular formula is C15H22O2S. The second kappa shape index (κ2) is 6.09. The number of rotatable bonds is 4. The van der Waals surface area contributed by atoms with Crippen LogP contribution in [0, 0.1) is 5.41 Å². The molecule has 2 nitrogen and oxygen atoms in total. The van der Waals surface area contributed by atoms with Crippen LogP contribution < -0.4 is 0 Å². The third-order valence-electron chi connectivity index (χ3n) is 2.87. The first-order valence-corrected chi connectivity index (χ1v) is 7.49. The molecule has 1 aliphatic heterocycles. The van der Waals surface area contributed by atoms with Gasteiger partial charge in [-0.15, -0.1) is 11.8 Å². The third-order valence-corrected chi connectivity index (χ3v) is 4.56. The molecule has 1 saturated heterocycles. The maximum Gasteiger partial charge on any atom is 0.108 e. The van der Waals surface area contributed by atoms with E-state index in [2.05, 4.69) is 32.9 Å². The van der Waals surface area contributed by atoms with E-state index in [0.29, 0.717) is 18.6 Å². The van der Waals surface area contributed by atoms with Crippen LogP contribution in [0.3, 0.4) is 0 Å². The lowest BCUT2D eigenvalue weighted by molar-refractivity contribution is -0.0372. The summed E-state index contributed by atoms with van der Waals surface area (Å²) in [6, 6.07) is 10.3. The van der Waals surface area contributed by atoms with Crippen LogP contribution in [0.15, 0.2) is 30.3 Å². The van der Waals surface area contributed by atoms with Crippen LogP contribution in [0.5, 0.6) is 0 Å². The highest BCUT2D eigenvalue weighted by Crippen LogP contribution is 2.37. The van der Waals surface area contributed by atoms with Gasteiger partial charge < -0.3 is 9.47 Å². The van der Waals surface area contributed by atoms with Crippen molar-refractivity contribution >= 4 is 11.8 Å². The van der Waals surface area contributed by atoms with Gasteiger partial charge in [-0.3, -0.25) is 0 Å². The van der Waals surface area contributed by atoms with Gasteiger partial charge in [0.25, 0.3) is 0 Å². The molecule has 1 aromatic rings. The van der Waals surface area contributed by atoms with Gasteiger partial charge in [0.1, 0.15) is 5.44 Å². The number of benzene rings is 1. The van der Waals surface area contributed by atoms with Crippen LogP contribution in [0.1, 0.15) is 26.3 Å². The highest BCUT2D eigenvalue weighted by molar-refractivity contribution is 8.00. The Labute approximate surface area is 114 Å². The Morgan fingerprint density at radius 2 is 2.00 bits per heavy atom. The van der Waals surface area contributed by atoms with Crippen molar-refractivity contribution in [3.8, 4) is 0 Å². The molecule has 0 spiro atoms. The van der Waals surface area contributed by atoms with Crippen molar-refractivity contribution in [3.63, 3.8) is 0 Å². The van der Waals surface area contributed by atoms with Crippen molar-refractivity contribution in [2.24, 2.45) is 5.41 Å². The summed E-state index contributed by atoms with van der Waals surface area (Å²) in [5.74, 6) is 1.04. The second-order valence-electron chi connectivity index (χ2n) is 5.79. The summed E-state index contributed by atoms with van der Waals surface area (Å²) in [7, 11) is 0. The zero-order valence-electron chi connectivity index (χ0n) is 11.4. The molecule has 1 heterocycles. The molecule has 0 radical (unpaired) electrons. The number of hydrogen-bond acceptors (Lipinski definition) is 3. The third kappa shape index (κ3) is 4.01. The lowest BCUT2D eigenvalue weighted by Crippen LogP contribution is -2.26. The summed E-state index contributed by atoms with van der Waals surface area (Å²) in [5.41, 5.74) is 1.72. The number of hydrogen-bond donors (Lipinski definition) is 0. The molecule has 1 aromatic carbocycles. The first-order valence-electron chi connectivity index (χ1n) is 6.44. The predicted octanol–water partition coefficient (Wildman–Crippen LogP) is 3.71. The Hall–Kier alpha value is -0.510. The van der Waals surface area contributed by atoms with Gasteiger partial charge in [-0.25, -0.2) is 0 Å². The van der Waals surface area contributed by atoms with E-state index in [1.807, 2.05) is 30.0 Å². The average molecular weight is 266 g/mol. The van der Waals surface area contributed by atoms with Crippen molar-refractivity contribution in [1.82, 2.24) is 0 Å². The zero-order valence-corrected chi connectivity index (χ0v) is 12.2. The van der Waals surface area contributed by atoms with E-state index in [1.165, 1.54) is 5.56 Å². The van der Waals surface area contributed by atoms with E-state index in [-0.39, 0.29) is 11.5 Å². The van der Waals surface area contributed by atoms with E-state index in [0.717, 1.165) is 5.75 Å². The minimum absolute atomic E-state index is 0.207. The summed E-state index contributed by atoms with van der Waals surface area (Å²) in [6.07, 6.45) is 0.239. The quantitative estimate of drug-likeness (QED) is 0.827. The molecule has 2 atom stereocenters. The fourth-order valence-electron chi connectivity index (χ4n) is 1.87. The van der Waals surface area contributed by atoms with Gasteiger partial charge in [0.15, 0.2) is 0 Å². The molecule has 0 N–H and O–H groups in total.